The Hall–Kier alpha value is -2.43. The van der Waals surface area contributed by atoms with E-state index in [1.54, 1.807) is 39.8 Å². The third-order valence-corrected chi connectivity index (χ3v) is 4.51. The first-order valence-electron chi connectivity index (χ1n) is 10.1. The molecule has 0 aromatic heterocycles. The van der Waals surface area contributed by atoms with Crippen LogP contribution in [0.5, 0.6) is 0 Å². The summed E-state index contributed by atoms with van der Waals surface area (Å²) in [5.74, 6) is -0.777. The monoisotopic (exact) mass is 459 g/mol. The van der Waals surface area contributed by atoms with Gasteiger partial charge in [0.25, 0.3) is 5.91 Å². The first kappa shape index (κ1) is 25.8. The zero-order chi connectivity index (χ0) is 24.3. The number of halogens is 3. The van der Waals surface area contributed by atoms with Crippen molar-refractivity contribution in [2.45, 2.75) is 64.6 Å². The van der Waals surface area contributed by atoms with Gasteiger partial charge >= 0.3 is 6.36 Å². The number of nitrogens with one attached hydrogen (secondary N) is 1. The van der Waals surface area contributed by atoms with E-state index in [0.29, 0.717) is 18.7 Å². The van der Waals surface area contributed by atoms with Gasteiger partial charge in [-0.05, 0) is 62.9 Å². The molecule has 0 fully saturated rings. The van der Waals surface area contributed by atoms with E-state index in [2.05, 4.69) is 15.0 Å². The maximum Gasteiger partial charge on any atom is 0.573 e. The molecule has 2 atom stereocenters. The van der Waals surface area contributed by atoms with Crippen LogP contribution in [0.4, 0.5) is 13.2 Å². The third-order valence-electron chi connectivity index (χ3n) is 4.51. The number of dihydropyridines is 1. The lowest BCUT2D eigenvalue weighted by atomic mass is 9.90. The number of nitrogens with zero attached hydrogens (tertiary/aromatic N) is 2. The van der Waals surface area contributed by atoms with Gasteiger partial charge in [0, 0.05) is 20.1 Å². The first-order valence-corrected chi connectivity index (χ1v) is 10.1. The summed E-state index contributed by atoms with van der Waals surface area (Å²) in [6.45, 7) is 9.70. The number of carbonyl (C=O) groups excluding carboxylic acids is 1. The number of fused-ring (bicyclic) bond motifs is 1. The van der Waals surface area contributed by atoms with Crippen molar-refractivity contribution < 1.29 is 34.4 Å². The van der Waals surface area contributed by atoms with Crippen molar-refractivity contribution in [1.29, 1.82) is 0 Å². The number of hydroxylamine groups is 2. The molecule has 3 rings (SSSR count). The van der Waals surface area contributed by atoms with Gasteiger partial charge in [-0.3, -0.25) is 9.79 Å². The zero-order valence-electron chi connectivity index (χ0n) is 18.8. The maximum atomic E-state index is 12.6. The van der Waals surface area contributed by atoms with Crippen molar-refractivity contribution in [2.75, 3.05) is 13.1 Å². The van der Waals surface area contributed by atoms with Gasteiger partial charge in [0.15, 0.2) is 0 Å². The molecule has 1 aromatic rings. The molecule has 1 aromatic carbocycles. The van der Waals surface area contributed by atoms with Crippen LogP contribution in [0.1, 0.15) is 63.4 Å². The molecule has 32 heavy (non-hydrogen) atoms. The molecule has 2 aliphatic rings. The van der Waals surface area contributed by atoms with Crippen LogP contribution in [0.25, 0.3) is 0 Å². The minimum Gasteiger partial charge on any atom is -0.404 e. The van der Waals surface area contributed by atoms with Crippen molar-refractivity contribution in [2.24, 2.45) is 4.99 Å². The Labute approximate surface area is 187 Å². The Morgan fingerprint density at radius 2 is 1.97 bits per heavy atom. The Morgan fingerprint density at radius 3 is 2.56 bits per heavy atom. The Kier molecular flexibility index (Phi) is 7.75. The van der Waals surface area contributed by atoms with E-state index < -0.39 is 29.2 Å². The summed E-state index contributed by atoms with van der Waals surface area (Å²) in [7, 11) is 0. The van der Waals surface area contributed by atoms with E-state index in [9.17, 15) is 23.2 Å². The summed E-state index contributed by atoms with van der Waals surface area (Å²) in [4.78, 5) is 16.5. The van der Waals surface area contributed by atoms with E-state index in [4.69, 9.17) is 5.11 Å². The predicted octanol–water partition coefficient (Wildman–Crippen LogP) is 4.01. The molecule has 0 bridgehead atoms. The molecule has 2 aliphatic heterocycles. The minimum absolute atomic E-state index is 0. The lowest BCUT2D eigenvalue weighted by molar-refractivity contribution is -0.302. The molecule has 0 spiro atoms. The van der Waals surface area contributed by atoms with Gasteiger partial charge in [0.2, 0.25) is 0 Å². The van der Waals surface area contributed by atoms with Crippen LogP contribution in [0, 0.1) is 0 Å². The molecule has 7 nitrogen and oxygen atoms in total. The molecular formula is C22H32F3N3O4. The van der Waals surface area contributed by atoms with Crippen LogP contribution in [0.2, 0.25) is 0 Å². The SMILES string of the molecule is CC(C)(C)O.C[C@H]1CN(O)Cc2cc(C(=O)NC3(C)C=C(OC(F)(F)F)C=NC3)ccc21.[HH]. The average molecular weight is 460 g/mol. The van der Waals surface area contributed by atoms with Crippen LogP contribution in [0.15, 0.2) is 35.0 Å². The quantitative estimate of drug-likeness (QED) is 0.635. The number of alkyl halides is 3. The minimum atomic E-state index is -4.83. The highest BCUT2D eigenvalue weighted by Gasteiger charge is 2.35. The highest BCUT2D eigenvalue weighted by Crippen LogP contribution is 2.28. The number of benzene rings is 1. The number of rotatable bonds is 3. The van der Waals surface area contributed by atoms with Gasteiger partial charge < -0.3 is 20.4 Å². The second-order valence-corrected chi connectivity index (χ2v) is 9.27. The van der Waals surface area contributed by atoms with Crippen LogP contribution in [-0.4, -0.2) is 58.1 Å². The number of hydrogen-bond acceptors (Lipinski definition) is 6. The van der Waals surface area contributed by atoms with Gasteiger partial charge in [0.1, 0.15) is 5.76 Å². The number of allylic oxidation sites excluding steroid dienone is 1. The highest BCUT2D eigenvalue weighted by molar-refractivity contribution is 5.95. The fraction of sp³-hybridized carbons (Fsp3) is 0.545. The molecule has 2 heterocycles. The molecule has 0 radical (unpaired) electrons. The molecule has 0 saturated heterocycles. The number of hydrogen-bond donors (Lipinski definition) is 3. The summed E-state index contributed by atoms with van der Waals surface area (Å²) >= 11 is 0. The summed E-state index contributed by atoms with van der Waals surface area (Å²) in [5, 5.41) is 22.2. The third kappa shape index (κ3) is 8.25. The Balaban J connectivity index is 0.000000821. The van der Waals surface area contributed by atoms with Crippen molar-refractivity contribution >= 4 is 12.1 Å². The van der Waals surface area contributed by atoms with Crippen molar-refractivity contribution in [1.82, 2.24) is 10.4 Å². The summed E-state index contributed by atoms with van der Waals surface area (Å²) in [5.41, 5.74) is 0.649. The number of aliphatic hydroxyl groups is 1. The fourth-order valence-corrected chi connectivity index (χ4v) is 3.36. The molecule has 10 heteroatoms. The lowest BCUT2D eigenvalue weighted by Crippen LogP contribution is -2.48. The summed E-state index contributed by atoms with van der Waals surface area (Å²) in [6.07, 6.45) is -2.65. The Morgan fingerprint density at radius 1 is 1.34 bits per heavy atom. The lowest BCUT2D eigenvalue weighted by Gasteiger charge is -2.30. The van der Waals surface area contributed by atoms with Gasteiger partial charge in [0.05, 0.1) is 23.9 Å². The van der Waals surface area contributed by atoms with Crippen LogP contribution < -0.4 is 5.32 Å². The predicted molar refractivity (Wildman–Crippen MR) is 116 cm³/mol. The Bertz CT molecular complexity index is 894. The largest absolute Gasteiger partial charge is 0.573 e. The van der Waals surface area contributed by atoms with Crippen LogP contribution in [-0.2, 0) is 11.3 Å². The van der Waals surface area contributed by atoms with Gasteiger partial charge in [-0.1, -0.05) is 13.0 Å². The van der Waals surface area contributed by atoms with Crippen LogP contribution >= 0.6 is 0 Å². The molecule has 1 amide bonds. The number of carbonyl (C=O) groups is 1. The van der Waals surface area contributed by atoms with E-state index in [0.717, 1.165) is 17.3 Å². The fourth-order valence-electron chi connectivity index (χ4n) is 3.36. The smallest absolute Gasteiger partial charge is 0.404 e. The molecule has 0 aliphatic carbocycles. The summed E-state index contributed by atoms with van der Waals surface area (Å²) in [6, 6.07) is 5.21. The maximum absolute atomic E-state index is 12.6. The number of aliphatic imine (C=N–C) groups is 1. The second kappa shape index (κ2) is 9.60. The van der Waals surface area contributed by atoms with Crippen molar-refractivity contribution in [3.63, 3.8) is 0 Å². The normalized spacial score (nSPS) is 23.4. The molecule has 3 N–H and O–H groups in total. The van der Waals surface area contributed by atoms with Crippen molar-refractivity contribution in [3.8, 4) is 0 Å². The van der Waals surface area contributed by atoms with Crippen LogP contribution in [0.3, 0.4) is 0 Å². The highest BCUT2D eigenvalue weighted by atomic mass is 19.4. The van der Waals surface area contributed by atoms with Gasteiger partial charge in [-0.25, -0.2) is 0 Å². The van der Waals surface area contributed by atoms with E-state index >= 15 is 0 Å². The summed E-state index contributed by atoms with van der Waals surface area (Å²) < 4.78 is 41.1. The van der Waals surface area contributed by atoms with E-state index in [1.165, 1.54) is 11.1 Å². The topological polar surface area (TPSA) is 94.4 Å². The first-order chi connectivity index (χ1) is 14.5. The van der Waals surface area contributed by atoms with E-state index in [1.807, 2.05) is 13.0 Å². The number of ether oxygens (including phenoxy) is 1. The standard InChI is InChI=1S/C18H20F3N3O3.C4H10O.H2/c1-11-8-24(26)9-13-5-12(3-4-15(11)13)16(25)23-17(2)6-14(7-22-10-17)27-18(19,20)21;1-4(2,3)5;/h3-7,11,26H,8-10H2,1-2H3,(H,23,25);5H,1-3H3;1H/t11-,17?;;/m0../s1. The molecule has 1 unspecified atom stereocenters. The van der Waals surface area contributed by atoms with Gasteiger partial charge in [-0.15, -0.1) is 13.2 Å². The molecule has 0 saturated carbocycles. The zero-order valence-corrected chi connectivity index (χ0v) is 18.8. The van der Waals surface area contributed by atoms with Crippen molar-refractivity contribution in [3.05, 3.63) is 46.7 Å². The van der Waals surface area contributed by atoms with E-state index in [-0.39, 0.29) is 13.9 Å². The molecular weight excluding hydrogens is 427 g/mol. The van der Waals surface area contributed by atoms with Gasteiger partial charge in [-0.2, -0.15) is 5.06 Å². The average Bonchev–Trinajstić information content (AvgIpc) is 2.57. The second-order valence-electron chi connectivity index (χ2n) is 9.27. The number of amides is 1. The molecule has 180 valence electrons.